The Bertz CT molecular complexity index is 297. The topological polar surface area (TPSA) is 12.0 Å². The number of hydrogen-bond donors (Lipinski definition) is 1. The van der Waals surface area contributed by atoms with Gasteiger partial charge in [-0.3, -0.25) is 0 Å². The maximum absolute atomic E-state index is 12.9. The van der Waals surface area contributed by atoms with Crippen LogP contribution in [0, 0.1) is 11.7 Å². The van der Waals surface area contributed by atoms with Crippen molar-refractivity contribution in [2.75, 3.05) is 13.1 Å². The fourth-order valence-corrected chi connectivity index (χ4v) is 2.08. The van der Waals surface area contributed by atoms with Gasteiger partial charge in [0.1, 0.15) is 5.82 Å². The van der Waals surface area contributed by atoms with Crippen molar-refractivity contribution in [3.8, 4) is 0 Å². The third kappa shape index (κ3) is 3.80. The number of hydrogen-bond acceptors (Lipinski definition) is 1. The normalized spacial score (nSPS) is 17.1. The van der Waals surface area contributed by atoms with Crippen molar-refractivity contribution in [1.29, 1.82) is 0 Å². The fourth-order valence-electron chi connectivity index (χ4n) is 2.08. The van der Waals surface area contributed by atoms with E-state index < -0.39 is 0 Å². The average Bonchev–Trinajstić information content (AvgIpc) is 2.19. The lowest BCUT2D eigenvalue weighted by atomic mass is 9.91. The third-order valence-electron chi connectivity index (χ3n) is 2.87. The summed E-state index contributed by atoms with van der Waals surface area (Å²) in [6, 6.07) is 6.98. The molecule has 0 radical (unpaired) electrons. The molecule has 1 N–H and O–H groups in total. The largest absolute Gasteiger partial charge is 0.317 e. The van der Waals surface area contributed by atoms with Crippen LogP contribution >= 0.6 is 12.4 Å². The first-order valence-electron chi connectivity index (χ1n) is 5.30. The molecule has 1 aliphatic heterocycles. The molecule has 0 saturated carbocycles. The van der Waals surface area contributed by atoms with Crippen LogP contribution in [0.25, 0.3) is 0 Å². The zero-order chi connectivity index (χ0) is 9.80. The maximum atomic E-state index is 12.9. The highest BCUT2D eigenvalue weighted by Crippen LogP contribution is 2.18. The Morgan fingerprint density at radius 1 is 1.27 bits per heavy atom. The molecule has 1 fully saturated rings. The zero-order valence-corrected chi connectivity index (χ0v) is 9.52. The predicted octanol–water partition coefficient (Wildman–Crippen LogP) is 2.79. The Kier molecular flexibility index (Phi) is 5.06. The minimum absolute atomic E-state index is 0. The van der Waals surface area contributed by atoms with Crippen molar-refractivity contribution in [2.45, 2.75) is 19.3 Å². The van der Waals surface area contributed by atoms with Gasteiger partial charge in [0, 0.05) is 0 Å². The van der Waals surface area contributed by atoms with E-state index in [1.54, 1.807) is 12.1 Å². The van der Waals surface area contributed by atoms with Crippen LogP contribution in [0.5, 0.6) is 0 Å². The Labute approximate surface area is 96.5 Å². The van der Waals surface area contributed by atoms with Gasteiger partial charge < -0.3 is 5.32 Å². The summed E-state index contributed by atoms with van der Waals surface area (Å²) in [5, 5.41) is 3.34. The van der Waals surface area contributed by atoms with E-state index in [0.29, 0.717) is 0 Å². The summed E-state index contributed by atoms with van der Waals surface area (Å²) in [6.07, 6.45) is 3.46. The van der Waals surface area contributed by atoms with Gasteiger partial charge in [0.15, 0.2) is 0 Å². The Morgan fingerprint density at radius 2 is 2.00 bits per heavy atom. The third-order valence-corrected chi connectivity index (χ3v) is 2.87. The summed E-state index contributed by atoms with van der Waals surface area (Å²) in [6.45, 7) is 2.22. The van der Waals surface area contributed by atoms with Crippen LogP contribution in [0.4, 0.5) is 4.39 Å². The van der Waals surface area contributed by atoms with E-state index in [-0.39, 0.29) is 18.2 Å². The van der Waals surface area contributed by atoms with Gasteiger partial charge in [-0.15, -0.1) is 12.4 Å². The van der Waals surface area contributed by atoms with Gasteiger partial charge in [-0.05, 0) is 56.0 Å². The van der Waals surface area contributed by atoms with Gasteiger partial charge in [0.2, 0.25) is 0 Å². The van der Waals surface area contributed by atoms with Gasteiger partial charge in [0.05, 0.1) is 0 Å². The zero-order valence-electron chi connectivity index (χ0n) is 8.71. The first-order chi connectivity index (χ1) is 6.84. The van der Waals surface area contributed by atoms with E-state index in [1.807, 2.05) is 6.07 Å². The Balaban J connectivity index is 0.00000112. The molecule has 1 aromatic rings. The van der Waals surface area contributed by atoms with E-state index in [0.717, 1.165) is 31.0 Å². The van der Waals surface area contributed by atoms with Crippen molar-refractivity contribution in [1.82, 2.24) is 5.32 Å². The van der Waals surface area contributed by atoms with E-state index in [2.05, 4.69) is 5.32 Å². The minimum Gasteiger partial charge on any atom is -0.317 e. The fraction of sp³-hybridized carbons (Fsp3) is 0.500. The summed E-state index contributed by atoms with van der Waals surface area (Å²) in [7, 11) is 0. The van der Waals surface area contributed by atoms with Crippen LogP contribution < -0.4 is 5.32 Å². The van der Waals surface area contributed by atoms with Gasteiger partial charge in [0.25, 0.3) is 0 Å². The summed E-state index contributed by atoms with van der Waals surface area (Å²) < 4.78 is 12.9. The number of rotatable bonds is 2. The summed E-state index contributed by atoms with van der Waals surface area (Å²) >= 11 is 0. The number of benzene rings is 1. The summed E-state index contributed by atoms with van der Waals surface area (Å²) in [5.74, 6) is 0.620. The number of piperidine rings is 1. The molecule has 0 amide bonds. The molecule has 84 valence electrons. The van der Waals surface area contributed by atoms with Gasteiger partial charge in [-0.1, -0.05) is 12.1 Å². The van der Waals surface area contributed by atoms with Gasteiger partial charge >= 0.3 is 0 Å². The lowest BCUT2D eigenvalue weighted by molar-refractivity contribution is 0.372. The monoisotopic (exact) mass is 229 g/mol. The Morgan fingerprint density at radius 3 is 2.67 bits per heavy atom. The van der Waals surface area contributed by atoms with Crippen molar-refractivity contribution >= 4 is 12.4 Å². The van der Waals surface area contributed by atoms with E-state index in [9.17, 15) is 4.39 Å². The molecule has 0 aromatic heterocycles. The second kappa shape index (κ2) is 6.09. The SMILES string of the molecule is Cl.Fc1cccc(CC2CCNCC2)c1. The van der Waals surface area contributed by atoms with Crippen molar-refractivity contribution in [3.63, 3.8) is 0 Å². The molecule has 15 heavy (non-hydrogen) atoms. The van der Waals surface area contributed by atoms with Crippen LogP contribution in [0.15, 0.2) is 24.3 Å². The van der Waals surface area contributed by atoms with Crippen molar-refractivity contribution in [3.05, 3.63) is 35.6 Å². The molecular weight excluding hydrogens is 213 g/mol. The minimum atomic E-state index is -0.114. The van der Waals surface area contributed by atoms with E-state index >= 15 is 0 Å². The first kappa shape index (κ1) is 12.5. The van der Waals surface area contributed by atoms with Crippen molar-refractivity contribution in [2.24, 2.45) is 5.92 Å². The highest BCUT2D eigenvalue weighted by atomic mass is 35.5. The predicted molar refractivity (Wildman–Crippen MR) is 62.9 cm³/mol. The molecule has 0 bridgehead atoms. The molecule has 1 heterocycles. The average molecular weight is 230 g/mol. The van der Waals surface area contributed by atoms with E-state index in [1.165, 1.54) is 18.9 Å². The standard InChI is InChI=1S/C12H16FN.ClH/c13-12-3-1-2-11(9-12)8-10-4-6-14-7-5-10;/h1-3,9-10,14H,4-8H2;1H. The molecule has 1 aromatic carbocycles. The molecule has 2 rings (SSSR count). The van der Waals surface area contributed by atoms with Crippen molar-refractivity contribution < 1.29 is 4.39 Å². The molecule has 0 unspecified atom stereocenters. The maximum Gasteiger partial charge on any atom is 0.123 e. The molecule has 1 saturated heterocycles. The van der Waals surface area contributed by atoms with Crippen LogP contribution in [-0.4, -0.2) is 13.1 Å². The van der Waals surface area contributed by atoms with Crippen LogP contribution in [-0.2, 0) is 6.42 Å². The van der Waals surface area contributed by atoms with Gasteiger partial charge in [-0.2, -0.15) is 0 Å². The highest BCUT2D eigenvalue weighted by Gasteiger charge is 2.13. The molecule has 3 heteroatoms. The first-order valence-corrected chi connectivity index (χ1v) is 5.30. The summed E-state index contributed by atoms with van der Waals surface area (Å²) in [5.41, 5.74) is 1.14. The van der Waals surface area contributed by atoms with Crippen LogP contribution in [0.1, 0.15) is 18.4 Å². The Hall–Kier alpha value is -0.600. The highest BCUT2D eigenvalue weighted by molar-refractivity contribution is 5.85. The molecule has 0 atom stereocenters. The smallest absolute Gasteiger partial charge is 0.123 e. The summed E-state index contributed by atoms with van der Waals surface area (Å²) in [4.78, 5) is 0. The second-order valence-corrected chi connectivity index (χ2v) is 4.03. The number of nitrogens with one attached hydrogen (secondary N) is 1. The number of halogens is 2. The van der Waals surface area contributed by atoms with Crippen LogP contribution in [0.2, 0.25) is 0 Å². The molecule has 1 nitrogen and oxygen atoms in total. The lowest BCUT2D eigenvalue weighted by Gasteiger charge is -2.22. The molecule has 0 spiro atoms. The molecular formula is C12H17ClFN. The van der Waals surface area contributed by atoms with E-state index in [4.69, 9.17) is 0 Å². The van der Waals surface area contributed by atoms with Crippen LogP contribution in [0.3, 0.4) is 0 Å². The second-order valence-electron chi connectivity index (χ2n) is 4.03. The quantitative estimate of drug-likeness (QED) is 0.823. The van der Waals surface area contributed by atoms with Gasteiger partial charge in [-0.25, -0.2) is 4.39 Å². The molecule has 0 aliphatic carbocycles. The molecule has 1 aliphatic rings. The lowest BCUT2D eigenvalue weighted by Crippen LogP contribution is -2.28.